The van der Waals surface area contributed by atoms with Crippen LogP contribution in [-0.4, -0.2) is 15.0 Å². The molecule has 0 fully saturated rings. The largest absolute Gasteiger partial charge is 0.397 e. The Hall–Kier alpha value is -1.53. The van der Waals surface area contributed by atoms with Crippen molar-refractivity contribution >= 4 is 21.4 Å². The van der Waals surface area contributed by atoms with Gasteiger partial charge >= 0.3 is 0 Å². The number of sulfonamides is 1. The van der Waals surface area contributed by atoms with E-state index in [1.165, 1.54) is 12.1 Å². The molecule has 0 aliphatic carbocycles. The van der Waals surface area contributed by atoms with Gasteiger partial charge in [0.2, 0.25) is 10.0 Å². The van der Waals surface area contributed by atoms with Crippen LogP contribution in [0.1, 0.15) is 13.3 Å². The van der Waals surface area contributed by atoms with Gasteiger partial charge in [-0.25, -0.2) is 13.6 Å². The third kappa shape index (κ3) is 4.08. The fraction of sp³-hybridized carbons (Fsp3) is 0.273. The average molecular weight is 255 g/mol. The number of nitrogens with two attached hydrogens (primary N) is 2. The molecule has 94 valence electrons. The van der Waals surface area contributed by atoms with Crippen LogP contribution in [0.4, 0.5) is 11.4 Å². The second-order valence-electron chi connectivity index (χ2n) is 3.58. The lowest BCUT2D eigenvalue weighted by Gasteiger charge is -2.09. The van der Waals surface area contributed by atoms with Crippen LogP contribution < -0.4 is 16.2 Å². The Morgan fingerprint density at radius 2 is 2.12 bits per heavy atom. The molecule has 5 N–H and O–H groups in total. The summed E-state index contributed by atoms with van der Waals surface area (Å²) in [4.78, 5) is 0.0222. The standard InChI is InChI=1S/C11H17N3O2S/c1-2-3-4-7-14-11-6-5-9(8-10(11)12)17(13,15)16/h2-3,5-6,8,14H,4,7,12H2,1H3,(H2,13,15,16)/b3-2+. The Morgan fingerprint density at radius 1 is 1.41 bits per heavy atom. The van der Waals surface area contributed by atoms with Gasteiger partial charge in [0.15, 0.2) is 0 Å². The van der Waals surface area contributed by atoms with Crippen LogP contribution in [-0.2, 0) is 10.0 Å². The Morgan fingerprint density at radius 3 is 2.65 bits per heavy atom. The van der Waals surface area contributed by atoms with Crippen LogP contribution in [0, 0.1) is 0 Å². The van der Waals surface area contributed by atoms with Gasteiger partial charge in [0.05, 0.1) is 16.3 Å². The first-order valence-electron chi connectivity index (χ1n) is 5.22. The van der Waals surface area contributed by atoms with E-state index in [-0.39, 0.29) is 4.90 Å². The summed E-state index contributed by atoms with van der Waals surface area (Å²) in [6.45, 7) is 2.69. The first kappa shape index (κ1) is 13.5. The van der Waals surface area contributed by atoms with Gasteiger partial charge in [-0.1, -0.05) is 12.2 Å². The molecule has 17 heavy (non-hydrogen) atoms. The van der Waals surface area contributed by atoms with Crippen LogP contribution in [0.5, 0.6) is 0 Å². The molecule has 0 amide bonds. The van der Waals surface area contributed by atoms with E-state index >= 15 is 0 Å². The average Bonchev–Trinajstić information content (AvgIpc) is 2.24. The lowest BCUT2D eigenvalue weighted by atomic mass is 10.2. The van der Waals surface area contributed by atoms with Crippen molar-refractivity contribution in [1.29, 1.82) is 0 Å². The number of nitrogens with one attached hydrogen (secondary N) is 1. The summed E-state index contributed by atoms with van der Waals surface area (Å²) < 4.78 is 22.2. The smallest absolute Gasteiger partial charge is 0.238 e. The molecule has 0 saturated carbocycles. The summed E-state index contributed by atoms with van der Waals surface area (Å²) in [6, 6.07) is 4.40. The zero-order valence-corrected chi connectivity index (χ0v) is 10.5. The predicted molar refractivity (Wildman–Crippen MR) is 70.1 cm³/mol. The van der Waals surface area contributed by atoms with E-state index in [9.17, 15) is 8.42 Å². The molecule has 0 aliphatic rings. The zero-order valence-electron chi connectivity index (χ0n) is 9.68. The fourth-order valence-electron chi connectivity index (χ4n) is 1.34. The summed E-state index contributed by atoms with van der Waals surface area (Å²) in [5.74, 6) is 0. The summed E-state index contributed by atoms with van der Waals surface area (Å²) in [7, 11) is -3.69. The highest BCUT2D eigenvalue weighted by Crippen LogP contribution is 2.21. The van der Waals surface area contributed by atoms with Crippen molar-refractivity contribution in [3.63, 3.8) is 0 Å². The van der Waals surface area contributed by atoms with Gasteiger partial charge in [0, 0.05) is 6.54 Å². The molecule has 6 heteroatoms. The maximum Gasteiger partial charge on any atom is 0.238 e. The van der Waals surface area contributed by atoms with E-state index in [4.69, 9.17) is 10.9 Å². The maximum atomic E-state index is 11.1. The molecule has 0 heterocycles. The normalized spacial score (nSPS) is 11.9. The summed E-state index contributed by atoms with van der Waals surface area (Å²) in [6.07, 6.45) is 4.88. The van der Waals surface area contributed by atoms with Gasteiger partial charge in [-0.15, -0.1) is 0 Å². The highest BCUT2D eigenvalue weighted by atomic mass is 32.2. The third-order valence-corrected chi connectivity index (χ3v) is 3.12. The van der Waals surface area contributed by atoms with Crippen LogP contribution >= 0.6 is 0 Å². The number of rotatable bonds is 5. The number of nitrogen functional groups attached to an aromatic ring is 1. The SMILES string of the molecule is C/C=C/CCNc1ccc(S(N)(=O)=O)cc1N. The van der Waals surface area contributed by atoms with Crippen molar-refractivity contribution in [3.8, 4) is 0 Å². The second-order valence-corrected chi connectivity index (χ2v) is 5.14. The Balaban J connectivity index is 2.77. The van der Waals surface area contributed by atoms with Gasteiger partial charge in [0.25, 0.3) is 0 Å². The van der Waals surface area contributed by atoms with Crippen LogP contribution in [0.15, 0.2) is 35.2 Å². The Labute approximate surface area is 102 Å². The molecule has 1 rings (SSSR count). The van der Waals surface area contributed by atoms with Crippen LogP contribution in [0.3, 0.4) is 0 Å². The number of primary sulfonamides is 1. The molecule has 0 saturated heterocycles. The van der Waals surface area contributed by atoms with Gasteiger partial charge in [-0.3, -0.25) is 0 Å². The molecule has 0 atom stereocenters. The fourth-order valence-corrected chi connectivity index (χ4v) is 1.88. The van der Waals surface area contributed by atoms with E-state index < -0.39 is 10.0 Å². The monoisotopic (exact) mass is 255 g/mol. The van der Waals surface area contributed by atoms with Crippen molar-refractivity contribution in [1.82, 2.24) is 0 Å². The molecule has 5 nitrogen and oxygen atoms in total. The molecule has 0 aromatic heterocycles. The summed E-state index contributed by atoms with van der Waals surface area (Å²) in [5, 5.41) is 8.12. The summed E-state index contributed by atoms with van der Waals surface area (Å²) >= 11 is 0. The summed E-state index contributed by atoms with van der Waals surface area (Å²) in [5.41, 5.74) is 6.81. The van der Waals surface area contributed by atoms with Crippen LogP contribution in [0.25, 0.3) is 0 Å². The quantitative estimate of drug-likeness (QED) is 0.419. The van der Waals surface area contributed by atoms with E-state index in [2.05, 4.69) is 5.32 Å². The number of allylic oxidation sites excluding steroid dienone is 1. The topological polar surface area (TPSA) is 98.2 Å². The Bertz CT molecular complexity index is 509. The number of anilines is 2. The minimum absolute atomic E-state index is 0.0222. The third-order valence-electron chi connectivity index (χ3n) is 2.21. The van der Waals surface area contributed by atoms with E-state index in [1.54, 1.807) is 6.07 Å². The molecule has 1 aromatic rings. The van der Waals surface area contributed by atoms with Crippen molar-refractivity contribution < 1.29 is 8.42 Å². The minimum Gasteiger partial charge on any atom is -0.397 e. The minimum atomic E-state index is -3.69. The number of benzene rings is 1. The molecule has 0 unspecified atom stereocenters. The number of hydrogen-bond donors (Lipinski definition) is 3. The first-order chi connectivity index (χ1) is 7.95. The molecule has 0 radical (unpaired) electrons. The highest BCUT2D eigenvalue weighted by molar-refractivity contribution is 7.89. The molecule has 0 spiro atoms. The van der Waals surface area contributed by atoms with E-state index in [0.717, 1.165) is 13.0 Å². The molecular weight excluding hydrogens is 238 g/mol. The van der Waals surface area contributed by atoms with Gasteiger partial charge in [-0.2, -0.15) is 0 Å². The first-order valence-corrected chi connectivity index (χ1v) is 6.77. The predicted octanol–water partition coefficient (Wildman–Crippen LogP) is 1.29. The van der Waals surface area contributed by atoms with Crippen LogP contribution in [0.2, 0.25) is 0 Å². The molecule has 1 aromatic carbocycles. The second kappa shape index (κ2) is 5.70. The van der Waals surface area contributed by atoms with E-state index in [0.29, 0.717) is 11.4 Å². The van der Waals surface area contributed by atoms with Crippen molar-refractivity contribution in [2.45, 2.75) is 18.2 Å². The van der Waals surface area contributed by atoms with Crippen molar-refractivity contribution in [2.75, 3.05) is 17.6 Å². The van der Waals surface area contributed by atoms with Gasteiger partial charge < -0.3 is 11.1 Å². The van der Waals surface area contributed by atoms with E-state index in [1.807, 2.05) is 19.1 Å². The van der Waals surface area contributed by atoms with Crippen molar-refractivity contribution in [3.05, 3.63) is 30.4 Å². The zero-order chi connectivity index (χ0) is 12.9. The molecule has 0 aliphatic heterocycles. The van der Waals surface area contributed by atoms with Crippen molar-refractivity contribution in [2.24, 2.45) is 5.14 Å². The van der Waals surface area contributed by atoms with Gasteiger partial charge in [-0.05, 0) is 31.5 Å². The van der Waals surface area contributed by atoms with Gasteiger partial charge in [0.1, 0.15) is 0 Å². The highest BCUT2D eigenvalue weighted by Gasteiger charge is 2.09. The lowest BCUT2D eigenvalue weighted by Crippen LogP contribution is -2.13. The maximum absolute atomic E-state index is 11.1. The molecule has 0 bridgehead atoms. The number of hydrogen-bond acceptors (Lipinski definition) is 4. The molecular formula is C11H17N3O2S. The lowest BCUT2D eigenvalue weighted by molar-refractivity contribution is 0.598. The Kier molecular flexibility index (Phi) is 4.53.